The van der Waals surface area contributed by atoms with E-state index in [4.69, 9.17) is 9.47 Å². The third kappa shape index (κ3) is 5.13. The number of aromatic nitrogens is 1. The Balaban J connectivity index is 2.76. The molecule has 0 saturated carbocycles. The molecule has 1 N–H and O–H groups in total. The van der Waals surface area contributed by atoms with Gasteiger partial charge in [0.25, 0.3) is 0 Å². The number of hydrogen-bond acceptors (Lipinski definition) is 5. The number of rotatable bonds is 4. The molecular formula is C13H19N3O4. The molecule has 1 rings (SSSR count). The highest BCUT2D eigenvalue weighted by Crippen LogP contribution is 2.03. The van der Waals surface area contributed by atoms with E-state index in [1.807, 2.05) is 19.1 Å². The van der Waals surface area contributed by atoms with Crippen LogP contribution in [0.1, 0.15) is 25.2 Å². The van der Waals surface area contributed by atoms with Crippen molar-refractivity contribution in [3.8, 4) is 0 Å². The van der Waals surface area contributed by atoms with Gasteiger partial charge in [0.15, 0.2) is 0 Å². The van der Waals surface area contributed by atoms with Crippen LogP contribution in [0.15, 0.2) is 18.2 Å². The number of ether oxygens (including phenoxy) is 2. The number of nitrogens with zero attached hydrogens (tertiary/aromatic N) is 2. The minimum Gasteiger partial charge on any atom is -0.449 e. The molecule has 1 aromatic rings. The minimum absolute atomic E-state index is 0.0966. The van der Waals surface area contributed by atoms with Gasteiger partial charge in [-0.3, -0.25) is 4.98 Å². The summed E-state index contributed by atoms with van der Waals surface area (Å²) in [5.74, 6) is 0. The van der Waals surface area contributed by atoms with Gasteiger partial charge in [-0.1, -0.05) is 6.07 Å². The van der Waals surface area contributed by atoms with E-state index in [1.165, 1.54) is 0 Å². The van der Waals surface area contributed by atoms with Crippen LogP contribution in [0.4, 0.5) is 9.59 Å². The summed E-state index contributed by atoms with van der Waals surface area (Å²) in [6, 6.07) is 5.43. The van der Waals surface area contributed by atoms with Crippen molar-refractivity contribution in [3.05, 3.63) is 29.6 Å². The lowest BCUT2D eigenvalue weighted by Crippen LogP contribution is -2.46. The summed E-state index contributed by atoms with van der Waals surface area (Å²) in [5, 5.41) is 1.03. The summed E-state index contributed by atoms with van der Waals surface area (Å²) in [7, 11) is 0. The molecule has 0 saturated heterocycles. The van der Waals surface area contributed by atoms with Crippen molar-refractivity contribution in [2.24, 2.45) is 0 Å². The van der Waals surface area contributed by atoms with Gasteiger partial charge in [0.1, 0.15) is 0 Å². The molecule has 0 spiro atoms. The van der Waals surface area contributed by atoms with E-state index in [2.05, 4.69) is 10.4 Å². The number of carbonyl (C=O) groups is 2. The first-order chi connectivity index (χ1) is 9.56. The lowest BCUT2D eigenvalue weighted by Gasteiger charge is -2.21. The Morgan fingerprint density at radius 2 is 1.95 bits per heavy atom. The topological polar surface area (TPSA) is 80.8 Å². The SMILES string of the molecule is CCOC(=O)NN(Cc1cccc(C)n1)C(=O)OCC. The summed E-state index contributed by atoms with van der Waals surface area (Å²) in [5.41, 5.74) is 3.78. The highest BCUT2D eigenvalue weighted by molar-refractivity contribution is 5.73. The first-order valence-corrected chi connectivity index (χ1v) is 6.37. The fourth-order valence-electron chi connectivity index (χ4n) is 1.47. The highest BCUT2D eigenvalue weighted by Gasteiger charge is 2.19. The van der Waals surface area contributed by atoms with Gasteiger partial charge in [-0.05, 0) is 32.9 Å². The second kappa shape index (κ2) is 7.98. The predicted molar refractivity (Wildman–Crippen MR) is 71.7 cm³/mol. The molecule has 0 aliphatic heterocycles. The number of nitrogens with one attached hydrogen (secondary N) is 1. The molecule has 20 heavy (non-hydrogen) atoms. The molecule has 0 aliphatic rings. The first-order valence-electron chi connectivity index (χ1n) is 6.37. The van der Waals surface area contributed by atoms with Crippen molar-refractivity contribution < 1.29 is 19.1 Å². The van der Waals surface area contributed by atoms with E-state index in [-0.39, 0.29) is 19.8 Å². The number of hydrazine groups is 1. The Kier molecular flexibility index (Phi) is 6.28. The maximum absolute atomic E-state index is 11.8. The average molecular weight is 281 g/mol. The summed E-state index contributed by atoms with van der Waals surface area (Å²) in [6.07, 6.45) is -1.38. The lowest BCUT2D eigenvalue weighted by atomic mass is 10.3. The number of pyridine rings is 1. The van der Waals surface area contributed by atoms with Crippen LogP contribution in [0.3, 0.4) is 0 Å². The van der Waals surface area contributed by atoms with Crippen LogP contribution < -0.4 is 5.43 Å². The van der Waals surface area contributed by atoms with Crippen LogP contribution in [0, 0.1) is 6.92 Å². The second-order valence-electron chi connectivity index (χ2n) is 3.89. The standard InChI is InChI=1S/C13H19N3O4/c1-4-19-12(17)15-16(13(18)20-5-2)9-11-8-6-7-10(3)14-11/h6-8H,4-5,9H2,1-3H3,(H,15,17). The van der Waals surface area contributed by atoms with E-state index in [9.17, 15) is 9.59 Å². The molecule has 2 amide bonds. The number of amides is 2. The smallest absolute Gasteiger partial charge is 0.429 e. The molecular weight excluding hydrogens is 262 g/mol. The van der Waals surface area contributed by atoms with Crippen LogP contribution >= 0.6 is 0 Å². The van der Waals surface area contributed by atoms with Gasteiger partial charge in [-0.15, -0.1) is 0 Å². The number of carbonyl (C=O) groups excluding carboxylic acids is 2. The zero-order chi connectivity index (χ0) is 15.0. The predicted octanol–water partition coefficient (Wildman–Crippen LogP) is 2.01. The molecule has 0 aliphatic carbocycles. The van der Waals surface area contributed by atoms with Gasteiger partial charge in [0.2, 0.25) is 0 Å². The fourth-order valence-corrected chi connectivity index (χ4v) is 1.47. The quantitative estimate of drug-likeness (QED) is 0.854. The Bertz CT molecular complexity index is 465. The largest absolute Gasteiger partial charge is 0.449 e. The first kappa shape index (κ1) is 15.7. The van der Waals surface area contributed by atoms with Crippen molar-refractivity contribution in [2.45, 2.75) is 27.3 Å². The van der Waals surface area contributed by atoms with Crippen LogP contribution in [0.5, 0.6) is 0 Å². The molecule has 0 aromatic carbocycles. The van der Waals surface area contributed by atoms with E-state index in [0.29, 0.717) is 5.69 Å². The minimum atomic E-state index is -0.715. The highest BCUT2D eigenvalue weighted by atomic mass is 16.6. The fraction of sp³-hybridized carbons (Fsp3) is 0.462. The Hall–Kier alpha value is -2.31. The zero-order valence-electron chi connectivity index (χ0n) is 11.9. The average Bonchev–Trinajstić information content (AvgIpc) is 2.38. The normalized spacial score (nSPS) is 9.75. The second-order valence-corrected chi connectivity index (χ2v) is 3.89. The number of aryl methyl sites for hydroxylation is 1. The van der Waals surface area contributed by atoms with Gasteiger partial charge in [0, 0.05) is 5.69 Å². The van der Waals surface area contributed by atoms with Gasteiger partial charge in [-0.25, -0.2) is 20.0 Å². The zero-order valence-corrected chi connectivity index (χ0v) is 11.9. The van der Waals surface area contributed by atoms with Crippen molar-refractivity contribution in [2.75, 3.05) is 13.2 Å². The molecule has 0 bridgehead atoms. The Labute approximate surface area is 117 Å². The van der Waals surface area contributed by atoms with E-state index < -0.39 is 12.2 Å². The Morgan fingerprint density at radius 1 is 1.25 bits per heavy atom. The molecule has 7 heteroatoms. The van der Waals surface area contributed by atoms with Gasteiger partial charge >= 0.3 is 12.2 Å². The molecule has 0 unspecified atom stereocenters. The molecule has 0 radical (unpaired) electrons. The summed E-state index contributed by atoms with van der Waals surface area (Å²) in [6.45, 7) is 5.73. The molecule has 1 heterocycles. The summed E-state index contributed by atoms with van der Waals surface area (Å²) >= 11 is 0. The van der Waals surface area contributed by atoms with Gasteiger partial charge in [0.05, 0.1) is 25.5 Å². The van der Waals surface area contributed by atoms with E-state index >= 15 is 0 Å². The molecule has 0 fully saturated rings. The molecule has 110 valence electrons. The van der Waals surface area contributed by atoms with Crippen molar-refractivity contribution in [1.29, 1.82) is 0 Å². The molecule has 0 atom stereocenters. The van der Waals surface area contributed by atoms with Crippen molar-refractivity contribution in [1.82, 2.24) is 15.4 Å². The number of hydrogen-bond donors (Lipinski definition) is 1. The summed E-state index contributed by atoms with van der Waals surface area (Å²) in [4.78, 5) is 27.5. The van der Waals surface area contributed by atoms with Gasteiger partial charge < -0.3 is 9.47 Å². The van der Waals surface area contributed by atoms with Crippen LogP contribution in [-0.4, -0.2) is 35.4 Å². The maximum atomic E-state index is 11.8. The van der Waals surface area contributed by atoms with Crippen LogP contribution in [-0.2, 0) is 16.0 Å². The van der Waals surface area contributed by atoms with Gasteiger partial charge in [-0.2, -0.15) is 0 Å². The molecule has 1 aromatic heterocycles. The Morgan fingerprint density at radius 3 is 2.55 bits per heavy atom. The van der Waals surface area contributed by atoms with E-state index in [1.54, 1.807) is 19.9 Å². The van der Waals surface area contributed by atoms with E-state index in [0.717, 1.165) is 10.7 Å². The third-order valence-corrected chi connectivity index (χ3v) is 2.26. The lowest BCUT2D eigenvalue weighted by molar-refractivity contribution is 0.0706. The monoisotopic (exact) mass is 281 g/mol. The van der Waals surface area contributed by atoms with Crippen LogP contribution in [0.25, 0.3) is 0 Å². The molecule has 7 nitrogen and oxygen atoms in total. The van der Waals surface area contributed by atoms with Crippen LogP contribution in [0.2, 0.25) is 0 Å². The van der Waals surface area contributed by atoms with Crippen molar-refractivity contribution >= 4 is 12.2 Å². The van der Waals surface area contributed by atoms with Crippen molar-refractivity contribution in [3.63, 3.8) is 0 Å². The summed E-state index contributed by atoms with van der Waals surface area (Å²) < 4.78 is 9.62. The third-order valence-electron chi connectivity index (χ3n) is 2.26. The maximum Gasteiger partial charge on any atom is 0.429 e.